The second kappa shape index (κ2) is 5.89. The van der Waals surface area contributed by atoms with Gasteiger partial charge in [0.1, 0.15) is 12.0 Å². The van der Waals surface area contributed by atoms with E-state index in [1.54, 1.807) is 4.68 Å². The van der Waals surface area contributed by atoms with E-state index in [0.29, 0.717) is 22.3 Å². The zero-order chi connectivity index (χ0) is 16.6. The van der Waals surface area contributed by atoms with Crippen molar-refractivity contribution in [3.05, 3.63) is 52.6 Å². The fraction of sp³-hybridized carbons (Fsp3) is 0.188. The standard InChI is InChI=1S/C16H17ClN6/c1-9-4-5-12(7-13(9)17)21-15-14(18)16(20-8-19-15)23-11(3)6-10(2)22-23/h4-8H,18H2,1-3H3,(H,19,20,21). The molecular weight excluding hydrogens is 312 g/mol. The predicted octanol–water partition coefficient (Wildman–Crippen LogP) is 3.57. The normalized spacial score (nSPS) is 10.8. The van der Waals surface area contributed by atoms with Crippen molar-refractivity contribution in [1.82, 2.24) is 19.7 Å². The molecule has 0 atom stereocenters. The van der Waals surface area contributed by atoms with Crippen LogP contribution in [0.4, 0.5) is 17.2 Å². The number of halogens is 1. The highest BCUT2D eigenvalue weighted by molar-refractivity contribution is 6.31. The Balaban J connectivity index is 1.99. The van der Waals surface area contributed by atoms with Gasteiger partial charge in [-0.2, -0.15) is 5.10 Å². The maximum absolute atomic E-state index is 6.23. The number of hydrogen-bond donors (Lipinski definition) is 2. The summed E-state index contributed by atoms with van der Waals surface area (Å²) in [5.74, 6) is 1.06. The molecule has 0 fully saturated rings. The number of nitrogens with zero attached hydrogens (tertiary/aromatic N) is 4. The molecule has 0 amide bonds. The molecule has 1 aromatic carbocycles. The van der Waals surface area contributed by atoms with Gasteiger partial charge in [0.15, 0.2) is 11.6 Å². The molecule has 7 heteroatoms. The van der Waals surface area contributed by atoms with Crippen LogP contribution >= 0.6 is 11.6 Å². The highest BCUT2D eigenvalue weighted by Crippen LogP contribution is 2.27. The van der Waals surface area contributed by atoms with Crippen molar-refractivity contribution in [1.29, 1.82) is 0 Å². The zero-order valence-electron chi connectivity index (χ0n) is 13.1. The third kappa shape index (κ3) is 2.98. The van der Waals surface area contributed by atoms with Crippen LogP contribution in [-0.4, -0.2) is 19.7 Å². The van der Waals surface area contributed by atoms with Gasteiger partial charge in [0.2, 0.25) is 0 Å². The molecular formula is C16H17ClN6. The van der Waals surface area contributed by atoms with Crippen molar-refractivity contribution in [3.8, 4) is 5.82 Å². The van der Waals surface area contributed by atoms with Crippen molar-refractivity contribution < 1.29 is 0 Å². The molecule has 23 heavy (non-hydrogen) atoms. The summed E-state index contributed by atoms with van der Waals surface area (Å²) in [5, 5.41) is 8.27. The minimum absolute atomic E-state index is 0.426. The molecule has 3 rings (SSSR count). The van der Waals surface area contributed by atoms with Crippen LogP contribution in [0.3, 0.4) is 0 Å². The second-order valence-corrected chi connectivity index (χ2v) is 5.79. The molecule has 0 unspecified atom stereocenters. The summed E-state index contributed by atoms with van der Waals surface area (Å²) in [6.07, 6.45) is 1.46. The molecule has 0 aliphatic rings. The first-order valence-corrected chi connectivity index (χ1v) is 7.51. The summed E-state index contributed by atoms with van der Waals surface area (Å²) in [5.41, 5.74) is 10.3. The van der Waals surface area contributed by atoms with Crippen molar-refractivity contribution >= 4 is 28.8 Å². The van der Waals surface area contributed by atoms with E-state index in [0.717, 1.165) is 22.6 Å². The fourth-order valence-corrected chi connectivity index (χ4v) is 2.49. The minimum atomic E-state index is 0.426. The van der Waals surface area contributed by atoms with Crippen molar-refractivity contribution in [2.75, 3.05) is 11.1 Å². The summed E-state index contributed by atoms with van der Waals surface area (Å²) in [7, 11) is 0. The number of nitrogens with two attached hydrogens (primary N) is 1. The number of rotatable bonds is 3. The van der Waals surface area contributed by atoms with Crippen molar-refractivity contribution in [3.63, 3.8) is 0 Å². The van der Waals surface area contributed by atoms with Crippen LogP contribution in [0.15, 0.2) is 30.6 Å². The van der Waals surface area contributed by atoms with Crippen molar-refractivity contribution in [2.24, 2.45) is 0 Å². The third-order valence-electron chi connectivity index (χ3n) is 3.51. The maximum atomic E-state index is 6.23. The van der Waals surface area contributed by atoms with E-state index >= 15 is 0 Å². The van der Waals surface area contributed by atoms with Crippen LogP contribution in [0.2, 0.25) is 5.02 Å². The quantitative estimate of drug-likeness (QED) is 0.768. The summed E-state index contributed by atoms with van der Waals surface area (Å²) in [6.45, 7) is 5.83. The first-order chi connectivity index (χ1) is 11.0. The Morgan fingerprint density at radius 1 is 1.13 bits per heavy atom. The van der Waals surface area contributed by atoms with E-state index in [9.17, 15) is 0 Å². The Morgan fingerprint density at radius 2 is 1.91 bits per heavy atom. The van der Waals surface area contributed by atoms with E-state index < -0.39 is 0 Å². The Hall–Kier alpha value is -2.60. The number of hydrogen-bond acceptors (Lipinski definition) is 5. The van der Waals surface area contributed by atoms with Gasteiger partial charge in [0.25, 0.3) is 0 Å². The highest BCUT2D eigenvalue weighted by atomic mass is 35.5. The number of benzene rings is 1. The monoisotopic (exact) mass is 328 g/mol. The molecule has 0 saturated heterocycles. The van der Waals surface area contributed by atoms with Gasteiger partial charge in [-0.15, -0.1) is 0 Å². The highest BCUT2D eigenvalue weighted by Gasteiger charge is 2.13. The van der Waals surface area contributed by atoms with Crippen LogP contribution in [0.1, 0.15) is 17.0 Å². The lowest BCUT2D eigenvalue weighted by Gasteiger charge is -2.12. The average molecular weight is 329 g/mol. The van der Waals surface area contributed by atoms with E-state index in [1.165, 1.54) is 6.33 Å². The molecule has 0 bridgehead atoms. The number of aromatic nitrogens is 4. The summed E-state index contributed by atoms with van der Waals surface area (Å²) in [6, 6.07) is 7.66. The van der Waals surface area contributed by atoms with Gasteiger partial charge in [-0.1, -0.05) is 17.7 Å². The largest absolute Gasteiger partial charge is 0.393 e. The van der Waals surface area contributed by atoms with Gasteiger partial charge < -0.3 is 11.1 Å². The lowest BCUT2D eigenvalue weighted by atomic mass is 10.2. The van der Waals surface area contributed by atoms with Gasteiger partial charge in [-0.25, -0.2) is 14.6 Å². The molecule has 0 saturated carbocycles. The molecule has 2 aromatic heterocycles. The number of aryl methyl sites for hydroxylation is 3. The minimum Gasteiger partial charge on any atom is -0.393 e. The lowest BCUT2D eigenvalue weighted by molar-refractivity contribution is 0.804. The zero-order valence-corrected chi connectivity index (χ0v) is 13.9. The fourth-order valence-electron chi connectivity index (χ4n) is 2.31. The Bertz CT molecular complexity index is 871. The molecule has 3 N–H and O–H groups in total. The summed E-state index contributed by atoms with van der Waals surface area (Å²) >= 11 is 6.15. The predicted molar refractivity (Wildman–Crippen MR) is 92.5 cm³/mol. The third-order valence-corrected chi connectivity index (χ3v) is 3.91. The lowest BCUT2D eigenvalue weighted by Crippen LogP contribution is -2.09. The topological polar surface area (TPSA) is 81.7 Å². The maximum Gasteiger partial charge on any atom is 0.182 e. The smallest absolute Gasteiger partial charge is 0.182 e. The van der Waals surface area contributed by atoms with Crippen LogP contribution in [0.5, 0.6) is 0 Å². The van der Waals surface area contributed by atoms with E-state index in [-0.39, 0.29) is 0 Å². The molecule has 0 aliphatic heterocycles. The van der Waals surface area contributed by atoms with Gasteiger partial charge in [0, 0.05) is 16.4 Å². The van der Waals surface area contributed by atoms with Crippen LogP contribution in [0, 0.1) is 20.8 Å². The molecule has 6 nitrogen and oxygen atoms in total. The Morgan fingerprint density at radius 3 is 2.57 bits per heavy atom. The first-order valence-electron chi connectivity index (χ1n) is 7.13. The van der Waals surface area contributed by atoms with Crippen LogP contribution < -0.4 is 11.1 Å². The molecule has 0 aliphatic carbocycles. The van der Waals surface area contributed by atoms with Gasteiger partial charge in [0.05, 0.1) is 5.69 Å². The van der Waals surface area contributed by atoms with Crippen molar-refractivity contribution in [2.45, 2.75) is 20.8 Å². The number of nitrogens with one attached hydrogen (secondary N) is 1. The molecule has 118 valence electrons. The van der Waals surface area contributed by atoms with Gasteiger partial charge in [-0.05, 0) is 44.5 Å². The molecule has 0 spiro atoms. The van der Waals surface area contributed by atoms with Gasteiger partial charge >= 0.3 is 0 Å². The molecule has 0 radical (unpaired) electrons. The van der Waals surface area contributed by atoms with E-state index in [2.05, 4.69) is 20.4 Å². The van der Waals surface area contributed by atoms with E-state index in [4.69, 9.17) is 17.3 Å². The first kappa shape index (κ1) is 15.3. The Kier molecular flexibility index (Phi) is 3.92. The second-order valence-electron chi connectivity index (χ2n) is 5.39. The summed E-state index contributed by atoms with van der Waals surface area (Å²) < 4.78 is 1.71. The molecule has 3 aromatic rings. The summed E-state index contributed by atoms with van der Waals surface area (Å²) in [4.78, 5) is 8.47. The average Bonchev–Trinajstić information content (AvgIpc) is 2.84. The van der Waals surface area contributed by atoms with E-state index in [1.807, 2.05) is 45.0 Å². The number of anilines is 3. The Labute approximate surface area is 139 Å². The van der Waals surface area contributed by atoms with Gasteiger partial charge in [-0.3, -0.25) is 0 Å². The molecule has 2 heterocycles. The van der Waals surface area contributed by atoms with Crippen LogP contribution in [-0.2, 0) is 0 Å². The number of nitrogen functional groups attached to an aromatic ring is 1. The SMILES string of the molecule is Cc1cc(C)n(-c2ncnc(Nc3ccc(C)c(Cl)c3)c2N)n1. The van der Waals surface area contributed by atoms with Crippen LogP contribution in [0.25, 0.3) is 5.82 Å².